The van der Waals surface area contributed by atoms with E-state index in [0.717, 1.165) is 24.5 Å². The summed E-state index contributed by atoms with van der Waals surface area (Å²) in [5, 5.41) is 2.69. The van der Waals surface area contributed by atoms with Gasteiger partial charge in [0, 0.05) is 25.0 Å². The zero-order chi connectivity index (χ0) is 20.5. The number of carbonyl (C=O) groups is 2. The van der Waals surface area contributed by atoms with Crippen molar-refractivity contribution >= 4 is 12.0 Å². The highest BCUT2D eigenvalue weighted by atomic mass is 19.4. The molecule has 1 aromatic rings. The van der Waals surface area contributed by atoms with Crippen LogP contribution in [0.4, 0.5) is 18.0 Å². The van der Waals surface area contributed by atoms with E-state index in [1.165, 1.54) is 13.2 Å². The van der Waals surface area contributed by atoms with Crippen molar-refractivity contribution in [2.24, 2.45) is 5.92 Å². The summed E-state index contributed by atoms with van der Waals surface area (Å²) < 4.78 is 43.1. The average Bonchev–Trinajstić information content (AvgIpc) is 2.63. The van der Waals surface area contributed by atoms with E-state index >= 15 is 0 Å². The van der Waals surface area contributed by atoms with Gasteiger partial charge in [0.25, 0.3) is 0 Å². The number of likely N-dealkylation sites (tertiary alicyclic amines) is 1. The van der Waals surface area contributed by atoms with Gasteiger partial charge in [0.15, 0.2) is 0 Å². The van der Waals surface area contributed by atoms with E-state index in [4.69, 9.17) is 0 Å². The second-order valence-electron chi connectivity index (χ2n) is 7.67. The molecule has 5 nitrogen and oxygen atoms in total. The Morgan fingerprint density at radius 1 is 1.18 bits per heavy atom. The SMILES string of the molecule is COC(=O)NC1CC(C(=O)N2CCC(c3ccc(C(F)(F)F)cc3C)CC2)C1. The lowest BCUT2D eigenvalue weighted by Gasteiger charge is -2.40. The molecule has 1 aromatic carbocycles. The maximum Gasteiger partial charge on any atom is 0.416 e. The Morgan fingerprint density at radius 2 is 1.82 bits per heavy atom. The minimum Gasteiger partial charge on any atom is -0.453 e. The molecule has 154 valence electrons. The molecule has 1 heterocycles. The minimum atomic E-state index is -4.33. The van der Waals surface area contributed by atoms with Crippen molar-refractivity contribution in [3.63, 3.8) is 0 Å². The summed E-state index contributed by atoms with van der Waals surface area (Å²) >= 11 is 0. The summed E-state index contributed by atoms with van der Waals surface area (Å²) in [6.07, 6.45) is -2.09. The number of halogens is 3. The third-order valence-corrected chi connectivity index (χ3v) is 5.84. The molecule has 8 heteroatoms. The molecule has 1 aliphatic carbocycles. The number of piperidine rings is 1. The van der Waals surface area contributed by atoms with Gasteiger partial charge in [-0.2, -0.15) is 13.2 Å². The molecule has 0 spiro atoms. The van der Waals surface area contributed by atoms with Gasteiger partial charge in [-0.15, -0.1) is 0 Å². The first-order chi connectivity index (χ1) is 13.2. The zero-order valence-electron chi connectivity index (χ0n) is 16.0. The summed E-state index contributed by atoms with van der Waals surface area (Å²) in [5.41, 5.74) is 0.961. The van der Waals surface area contributed by atoms with Crippen molar-refractivity contribution in [1.29, 1.82) is 0 Å². The Kier molecular flexibility index (Phi) is 5.86. The van der Waals surface area contributed by atoms with Crippen molar-refractivity contribution in [3.05, 3.63) is 34.9 Å². The van der Waals surface area contributed by atoms with E-state index in [1.807, 2.05) is 4.90 Å². The molecular formula is C20H25F3N2O3. The van der Waals surface area contributed by atoms with E-state index in [1.54, 1.807) is 13.0 Å². The molecule has 3 rings (SSSR count). The number of rotatable bonds is 3. The highest BCUT2D eigenvalue weighted by Gasteiger charge is 2.39. The predicted molar refractivity (Wildman–Crippen MR) is 96.8 cm³/mol. The van der Waals surface area contributed by atoms with E-state index in [9.17, 15) is 22.8 Å². The molecule has 0 radical (unpaired) electrons. The number of aryl methyl sites for hydroxylation is 1. The number of carbonyl (C=O) groups excluding carboxylic acids is 2. The number of methoxy groups -OCH3 is 1. The number of alkyl carbamates (subject to hydrolysis) is 1. The van der Waals surface area contributed by atoms with Gasteiger partial charge in [-0.1, -0.05) is 6.07 Å². The van der Waals surface area contributed by atoms with Crippen LogP contribution in [0, 0.1) is 12.8 Å². The maximum atomic E-state index is 12.8. The molecular weight excluding hydrogens is 373 g/mol. The number of hydrogen-bond donors (Lipinski definition) is 1. The lowest BCUT2D eigenvalue weighted by molar-refractivity contribution is -0.140. The smallest absolute Gasteiger partial charge is 0.416 e. The lowest BCUT2D eigenvalue weighted by Crippen LogP contribution is -2.51. The molecule has 1 saturated carbocycles. The highest BCUT2D eigenvalue weighted by Crippen LogP contribution is 2.36. The van der Waals surface area contributed by atoms with Crippen molar-refractivity contribution in [2.75, 3.05) is 20.2 Å². The number of alkyl halides is 3. The van der Waals surface area contributed by atoms with Crippen LogP contribution in [-0.4, -0.2) is 43.1 Å². The van der Waals surface area contributed by atoms with Gasteiger partial charge in [-0.3, -0.25) is 4.79 Å². The molecule has 2 fully saturated rings. The molecule has 1 N–H and O–H groups in total. The largest absolute Gasteiger partial charge is 0.453 e. The van der Waals surface area contributed by atoms with Crippen molar-refractivity contribution in [3.8, 4) is 0 Å². The summed E-state index contributed by atoms with van der Waals surface area (Å²) in [5.74, 6) is 0.193. The Morgan fingerprint density at radius 3 is 2.36 bits per heavy atom. The van der Waals surface area contributed by atoms with Crippen LogP contribution in [0.3, 0.4) is 0 Å². The number of benzene rings is 1. The number of nitrogens with zero attached hydrogens (tertiary/aromatic N) is 1. The van der Waals surface area contributed by atoms with Crippen molar-refractivity contribution in [1.82, 2.24) is 10.2 Å². The average molecular weight is 398 g/mol. The van der Waals surface area contributed by atoms with E-state index in [-0.39, 0.29) is 23.8 Å². The second kappa shape index (κ2) is 8.01. The summed E-state index contributed by atoms with van der Waals surface area (Å²) in [6.45, 7) is 2.93. The number of amides is 2. The van der Waals surface area contributed by atoms with E-state index < -0.39 is 17.8 Å². The van der Waals surface area contributed by atoms with Gasteiger partial charge in [-0.25, -0.2) is 4.79 Å². The Labute approximate surface area is 162 Å². The van der Waals surface area contributed by atoms with Gasteiger partial charge < -0.3 is 15.0 Å². The first kappa shape index (κ1) is 20.5. The van der Waals surface area contributed by atoms with E-state index in [0.29, 0.717) is 31.5 Å². The maximum absolute atomic E-state index is 12.8. The van der Waals surface area contributed by atoms with Gasteiger partial charge in [-0.05, 0) is 61.8 Å². The number of hydrogen-bond acceptors (Lipinski definition) is 3. The topological polar surface area (TPSA) is 58.6 Å². The number of ether oxygens (including phenoxy) is 1. The van der Waals surface area contributed by atoms with Crippen LogP contribution in [0.1, 0.15) is 48.3 Å². The van der Waals surface area contributed by atoms with Crippen molar-refractivity contribution < 1.29 is 27.5 Å². The lowest BCUT2D eigenvalue weighted by atomic mass is 9.78. The molecule has 0 atom stereocenters. The van der Waals surface area contributed by atoms with Crippen LogP contribution in [0.5, 0.6) is 0 Å². The summed E-state index contributed by atoms with van der Waals surface area (Å²) in [4.78, 5) is 25.6. The third kappa shape index (κ3) is 4.42. The molecule has 0 unspecified atom stereocenters. The van der Waals surface area contributed by atoms with Gasteiger partial charge in [0.2, 0.25) is 5.91 Å². The van der Waals surface area contributed by atoms with Crippen LogP contribution < -0.4 is 5.32 Å². The Hall–Kier alpha value is -2.25. The van der Waals surface area contributed by atoms with E-state index in [2.05, 4.69) is 10.1 Å². The first-order valence-electron chi connectivity index (χ1n) is 9.50. The highest BCUT2D eigenvalue weighted by molar-refractivity contribution is 5.80. The van der Waals surface area contributed by atoms with Crippen LogP contribution in [0.15, 0.2) is 18.2 Å². The second-order valence-corrected chi connectivity index (χ2v) is 7.67. The van der Waals surface area contributed by atoms with Crippen molar-refractivity contribution in [2.45, 2.75) is 50.7 Å². The molecule has 28 heavy (non-hydrogen) atoms. The molecule has 2 aliphatic rings. The van der Waals surface area contributed by atoms with Gasteiger partial charge in [0.1, 0.15) is 0 Å². The standard InChI is InChI=1S/C20H25F3N2O3/c1-12-9-15(20(21,22)23)3-4-17(12)13-5-7-25(8-6-13)18(26)14-10-16(11-14)24-19(27)28-2/h3-4,9,13-14,16H,5-8,10-11H2,1-2H3,(H,24,27). The normalized spacial score (nSPS) is 23.1. The first-order valence-corrected chi connectivity index (χ1v) is 9.50. The fraction of sp³-hybridized carbons (Fsp3) is 0.600. The number of nitrogens with one attached hydrogen (secondary N) is 1. The van der Waals surface area contributed by atoms with Crippen LogP contribution in [0.25, 0.3) is 0 Å². The fourth-order valence-corrected chi connectivity index (χ4v) is 4.14. The molecule has 0 bridgehead atoms. The third-order valence-electron chi connectivity index (χ3n) is 5.84. The monoisotopic (exact) mass is 398 g/mol. The summed E-state index contributed by atoms with van der Waals surface area (Å²) in [7, 11) is 1.30. The fourth-order valence-electron chi connectivity index (χ4n) is 4.14. The van der Waals surface area contributed by atoms with Gasteiger partial charge in [0.05, 0.1) is 12.7 Å². The molecule has 0 aromatic heterocycles. The predicted octanol–water partition coefficient (Wildman–Crippen LogP) is 3.85. The molecule has 1 aliphatic heterocycles. The molecule has 2 amide bonds. The molecule has 1 saturated heterocycles. The van der Waals surface area contributed by atoms with Crippen LogP contribution in [0.2, 0.25) is 0 Å². The zero-order valence-corrected chi connectivity index (χ0v) is 16.0. The Balaban J connectivity index is 1.51. The minimum absolute atomic E-state index is 0.0197. The summed E-state index contributed by atoms with van der Waals surface area (Å²) in [6, 6.07) is 3.90. The quantitative estimate of drug-likeness (QED) is 0.841. The van der Waals surface area contributed by atoms with Crippen LogP contribution >= 0.6 is 0 Å². The Bertz CT molecular complexity index is 737. The van der Waals surface area contributed by atoms with Gasteiger partial charge >= 0.3 is 12.3 Å². The van der Waals surface area contributed by atoms with Crippen LogP contribution in [-0.2, 0) is 15.7 Å².